The molecule has 7 heteroatoms. The molecule has 182 valence electrons. The van der Waals surface area contributed by atoms with E-state index < -0.39 is 5.82 Å². The highest BCUT2D eigenvalue weighted by molar-refractivity contribution is 6.31. The molecule has 0 spiro atoms. The summed E-state index contributed by atoms with van der Waals surface area (Å²) in [5, 5.41) is 10.7. The minimum Gasteiger partial charge on any atom is -0.496 e. The van der Waals surface area contributed by atoms with Gasteiger partial charge in [0.2, 0.25) is 0 Å². The maximum atomic E-state index is 15.1. The summed E-state index contributed by atoms with van der Waals surface area (Å²) in [5.41, 5.74) is 3.29. The van der Waals surface area contributed by atoms with Crippen LogP contribution in [0, 0.1) is 18.7 Å². The Morgan fingerprint density at radius 2 is 1.85 bits per heavy atom. The minimum absolute atomic E-state index is 0.0495. The van der Waals surface area contributed by atoms with Crippen molar-refractivity contribution in [1.29, 1.82) is 0 Å². The van der Waals surface area contributed by atoms with E-state index in [0.717, 1.165) is 31.6 Å². The average molecular weight is 487 g/mol. The molecule has 1 aromatic heterocycles. The van der Waals surface area contributed by atoms with E-state index in [9.17, 15) is 9.90 Å². The molecule has 3 aromatic rings. The Hall–Kier alpha value is -2.57. The fourth-order valence-electron chi connectivity index (χ4n) is 4.90. The molecule has 0 saturated carbocycles. The van der Waals surface area contributed by atoms with Crippen molar-refractivity contribution in [3.8, 4) is 5.75 Å². The van der Waals surface area contributed by atoms with Gasteiger partial charge in [0.1, 0.15) is 11.6 Å². The zero-order valence-electron chi connectivity index (χ0n) is 20.2. The number of fused-ring (bicyclic) bond motifs is 1. The van der Waals surface area contributed by atoms with Gasteiger partial charge in [-0.25, -0.2) is 4.39 Å². The van der Waals surface area contributed by atoms with E-state index in [4.69, 9.17) is 16.3 Å². The summed E-state index contributed by atoms with van der Waals surface area (Å²) < 4.78 is 22.7. The molecule has 1 aliphatic rings. The fraction of sp³-hybridized carbons (Fsp3) is 0.444. The first-order chi connectivity index (χ1) is 16.2. The van der Waals surface area contributed by atoms with E-state index in [-0.39, 0.29) is 35.4 Å². The summed E-state index contributed by atoms with van der Waals surface area (Å²) in [6, 6.07) is 6.97. The van der Waals surface area contributed by atoms with E-state index in [2.05, 4.69) is 4.90 Å². The number of aliphatic hydroxyl groups is 1. The molecular formula is C27H32ClFN2O3. The van der Waals surface area contributed by atoms with Crippen LogP contribution >= 0.6 is 11.6 Å². The lowest BCUT2D eigenvalue weighted by Crippen LogP contribution is -2.23. The lowest BCUT2D eigenvalue weighted by molar-refractivity contribution is 0.195. The van der Waals surface area contributed by atoms with Crippen LogP contribution in [0.25, 0.3) is 10.9 Å². The topological polar surface area (TPSA) is 54.7 Å². The second kappa shape index (κ2) is 9.96. The van der Waals surface area contributed by atoms with Crippen molar-refractivity contribution in [1.82, 2.24) is 4.57 Å². The van der Waals surface area contributed by atoms with Gasteiger partial charge in [0.05, 0.1) is 30.3 Å². The van der Waals surface area contributed by atoms with Gasteiger partial charge in [0.15, 0.2) is 5.43 Å². The second-order valence-corrected chi connectivity index (χ2v) is 9.90. The number of aromatic nitrogens is 1. The number of aliphatic hydroxyl groups excluding tert-OH is 1. The third-order valence-corrected chi connectivity index (χ3v) is 7.14. The van der Waals surface area contributed by atoms with Crippen LogP contribution in [0.15, 0.2) is 35.3 Å². The van der Waals surface area contributed by atoms with Gasteiger partial charge in [-0.15, -0.1) is 0 Å². The lowest BCUT2D eigenvalue weighted by atomic mass is 9.98. The quantitative estimate of drug-likeness (QED) is 0.479. The number of methoxy groups -OCH3 is 1. The van der Waals surface area contributed by atoms with Gasteiger partial charge in [0.25, 0.3) is 0 Å². The van der Waals surface area contributed by atoms with Crippen molar-refractivity contribution in [2.45, 2.75) is 46.1 Å². The normalized spacial score (nSPS) is 14.9. The number of pyridine rings is 1. The molecule has 0 amide bonds. The zero-order chi connectivity index (χ0) is 24.6. The van der Waals surface area contributed by atoms with Gasteiger partial charge < -0.3 is 19.3 Å². The summed E-state index contributed by atoms with van der Waals surface area (Å²) in [5.74, 6) is 0.269. The van der Waals surface area contributed by atoms with Crippen LogP contribution < -0.4 is 15.1 Å². The number of rotatable bonds is 7. The van der Waals surface area contributed by atoms with E-state index in [1.165, 1.54) is 0 Å². The van der Waals surface area contributed by atoms with Crippen molar-refractivity contribution in [3.05, 3.63) is 68.2 Å². The Bertz CT molecular complexity index is 1270. The number of anilines is 1. The van der Waals surface area contributed by atoms with Crippen LogP contribution in [0.3, 0.4) is 0 Å². The molecule has 4 rings (SSSR count). The van der Waals surface area contributed by atoms with Crippen LogP contribution in [0.1, 0.15) is 49.4 Å². The van der Waals surface area contributed by atoms with E-state index >= 15 is 4.39 Å². The molecule has 0 bridgehead atoms. The summed E-state index contributed by atoms with van der Waals surface area (Å²) in [7, 11) is 1.57. The number of halogens is 2. The van der Waals surface area contributed by atoms with Gasteiger partial charge in [-0.05, 0) is 55.0 Å². The SMILES string of the molecule is COc1cc2c(cc1Cc1cc(N3CCCC3)cc(Cl)c1F)c(=O)c(C)cn2C(CO)C(C)C. The molecule has 1 fully saturated rings. The standard InChI is InChI=1S/C27H32ClFN2O3/c1-16(2)24(15-32)31-14-17(3)27(33)21-11-18(25(34-4)13-23(21)31)9-19-10-20(12-22(28)26(19)29)30-7-5-6-8-30/h10-14,16,24,32H,5-9,15H2,1-4H3. The molecule has 34 heavy (non-hydrogen) atoms. The van der Waals surface area contributed by atoms with Gasteiger partial charge in [0, 0.05) is 48.4 Å². The predicted octanol–water partition coefficient (Wildman–Crippen LogP) is 5.49. The molecule has 1 unspecified atom stereocenters. The first-order valence-electron chi connectivity index (χ1n) is 11.8. The van der Waals surface area contributed by atoms with Gasteiger partial charge in [-0.1, -0.05) is 25.4 Å². The van der Waals surface area contributed by atoms with Gasteiger partial charge >= 0.3 is 0 Å². The van der Waals surface area contributed by atoms with E-state index in [1.54, 1.807) is 32.4 Å². The highest BCUT2D eigenvalue weighted by Crippen LogP contribution is 2.34. The van der Waals surface area contributed by atoms with E-state index in [1.807, 2.05) is 30.5 Å². The van der Waals surface area contributed by atoms with Crippen LogP contribution in [-0.4, -0.2) is 36.5 Å². The van der Waals surface area contributed by atoms with Gasteiger partial charge in [-0.3, -0.25) is 4.79 Å². The van der Waals surface area contributed by atoms with Crippen molar-refractivity contribution in [2.75, 3.05) is 31.7 Å². The maximum absolute atomic E-state index is 15.1. The Kier molecular flexibility index (Phi) is 7.20. The molecule has 1 N–H and O–H groups in total. The summed E-state index contributed by atoms with van der Waals surface area (Å²) in [4.78, 5) is 15.3. The number of benzene rings is 2. The van der Waals surface area contributed by atoms with Crippen molar-refractivity contribution >= 4 is 28.2 Å². The summed E-state index contributed by atoms with van der Waals surface area (Å²) in [6.45, 7) is 7.65. The lowest BCUT2D eigenvalue weighted by Gasteiger charge is -2.25. The van der Waals surface area contributed by atoms with Crippen molar-refractivity contribution in [3.63, 3.8) is 0 Å². The largest absolute Gasteiger partial charge is 0.496 e. The number of hydrogen-bond acceptors (Lipinski definition) is 4. The highest BCUT2D eigenvalue weighted by atomic mass is 35.5. The predicted molar refractivity (Wildman–Crippen MR) is 136 cm³/mol. The first-order valence-corrected chi connectivity index (χ1v) is 12.2. The first kappa shape index (κ1) is 24.6. The molecule has 1 saturated heterocycles. The Labute approximate surface area is 204 Å². The van der Waals surface area contributed by atoms with Crippen LogP contribution in [0.2, 0.25) is 5.02 Å². The molecule has 2 heterocycles. The molecule has 0 aliphatic carbocycles. The molecule has 2 aromatic carbocycles. The maximum Gasteiger partial charge on any atom is 0.192 e. The van der Waals surface area contributed by atoms with Crippen molar-refractivity contribution in [2.24, 2.45) is 5.92 Å². The third-order valence-electron chi connectivity index (χ3n) is 6.87. The minimum atomic E-state index is -0.450. The molecule has 1 atom stereocenters. The molecule has 0 radical (unpaired) electrons. The summed E-state index contributed by atoms with van der Waals surface area (Å²) >= 11 is 6.27. The zero-order valence-corrected chi connectivity index (χ0v) is 21.0. The summed E-state index contributed by atoms with van der Waals surface area (Å²) in [6.07, 6.45) is 4.26. The Balaban J connectivity index is 1.86. The van der Waals surface area contributed by atoms with E-state index in [0.29, 0.717) is 33.3 Å². The smallest absolute Gasteiger partial charge is 0.192 e. The average Bonchev–Trinajstić information content (AvgIpc) is 3.35. The highest BCUT2D eigenvalue weighted by Gasteiger charge is 2.21. The Morgan fingerprint density at radius 3 is 2.47 bits per heavy atom. The van der Waals surface area contributed by atoms with Crippen LogP contribution in [0.5, 0.6) is 5.75 Å². The van der Waals surface area contributed by atoms with Gasteiger partial charge in [-0.2, -0.15) is 0 Å². The molecule has 5 nitrogen and oxygen atoms in total. The number of hydrogen-bond donors (Lipinski definition) is 1. The van der Waals surface area contributed by atoms with Crippen LogP contribution in [0.4, 0.5) is 10.1 Å². The second-order valence-electron chi connectivity index (χ2n) is 9.50. The monoisotopic (exact) mass is 486 g/mol. The van der Waals surface area contributed by atoms with Crippen molar-refractivity contribution < 1.29 is 14.2 Å². The number of ether oxygens (including phenoxy) is 1. The number of aryl methyl sites for hydroxylation is 1. The Morgan fingerprint density at radius 1 is 1.15 bits per heavy atom. The fourth-order valence-corrected chi connectivity index (χ4v) is 5.14. The molecule has 1 aliphatic heterocycles. The van der Waals surface area contributed by atoms with Crippen LogP contribution in [-0.2, 0) is 6.42 Å². The number of nitrogens with zero attached hydrogens (tertiary/aromatic N) is 2. The molecular weight excluding hydrogens is 455 g/mol. The third kappa shape index (κ3) is 4.53.